The monoisotopic (exact) mass is 521 g/mol. The lowest BCUT2D eigenvalue weighted by molar-refractivity contribution is 0.0325. The van der Waals surface area contributed by atoms with Crippen molar-refractivity contribution in [3.05, 3.63) is 83.3 Å². The number of carboxylic acid groups (broad SMARTS) is 1. The Balaban J connectivity index is 1.61. The summed E-state index contributed by atoms with van der Waals surface area (Å²) in [7, 11) is 1.95. The first-order valence-corrected chi connectivity index (χ1v) is 12.5. The van der Waals surface area contributed by atoms with Gasteiger partial charge in [-0.3, -0.25) is 9.69 Å². The first-order chi connectivity index (χ1) is 18.2. The molecule has 200 valence electrons. The minimum absolute atomic E-state index is 0.0727. The van der Waals surface area contributed by atoms with E-state index in [9.17, 15) is 19.1 Å². The van der Waals surface area contributed by atoms with Crippen LogP contribution in [0.3, 0.4) is 0 Å². The molecule has 0 aliphatic carbocycles. The van der Waals surface area contributed by atoms with Crippen molar-refractivity contribution in [3.63, 3.8) is 0 Å². The van der Waals surface area contributed by atoms with Crippen LogP contribution in [0.1, 0.15) is 40.1 Å². The molecule has 1 aliphatic rings. The third-order valence-electron chi connectivity index (χ3n) is 6.84. The average molecular weight is 522 g/mol. The number of likely N-dealkylation sites (N-methyl/N-ethyl adjacent to an activating group) is 1. The second-order valence-corrected chi connectivity index (χ2v) is 9.91. The van der Waals surface area contributed by atoms with E-state index in [1.165, 1.54) is 12.1 Å². The molecule has 2 N–H and O–H groups in total. The molecule has 0 unspecified atom stereocenters. The van der Waals surface area contributed by atoms with Crippen LogP contribution in [0.25, 0.3) is 11.1 Å². The van der Waals surface area contributed by atoms with Crippen molar-refractivity contribution in [2.45, 2.75) is 32.5 Å². The largest absolute Gasteiger partial charge is 0.478 e. The van der Waals surface area contributed by atoms with Crippen LogP contribution in [0.15, 0.2) is 60.8 Å². The van der Waals surface area contributed by atoms with Gasteiger partial charge in [-0.25, -0.2) is 14.2 Å². The molecule has 0 bridgehead atoms. The molecule has 1 aliphatic heterocycles. The number of amides is 1. The molecule has 3 aromatic rings. The van der Waals surface area contributed by atoms with Gasteiger partial charge in [-0.15, -0.1) is 0 Å². The molecule has 4 rings (SSSR count). The van der Waals surface area contributed by atoms with Crippen molar-refractivity contribution >= 4 is 11.9 Å². The highest BCUT2D eigenvalue weighted by molar-refractivity contribution is 5.98. The fourth-order valence-electron chi connectivity index (χ4n) is 4.56. The standard InChI is InChI=1S/C29H32FN3O5/c1-18-14-33(19(2)17-34)28(35)25-12-23(21-8-10-24(30)11-9-21)13-31-27(25)38-26(18)16-32(3)15-20-4-6-22(7-5-20)29(36)37/h4-13,18-19,26,34H,14-17H2,1-3H3,(H,36,37)/t18-,19-,26+/m1/s1. The molecule has 9 heteroatoms. The lowest BCUT2D eigenvalue weighted by atomic mass is 9.99. The molecule has 1 aromatic heterocycles. The zero-order chi connectivity index (χ0) is 27.4. The topological polar surface area (TPSA) is 103 Å². The third-order valence-corrected chi connectivity index (χ3v) is 6.84. The maximum absolute atomic E-state index is 13.6. The Morgan fingerprint density at radius 3 is 2.50 bits per heavy atom. The van der Waals surface area contributed by atoms with Crippen LogP contribution in [0.2, 0.25) is 0 Å². The summed E-state index contributed by atoms with van der Waals surface area (Å²) in [6.45, 7) is 5.10. The highest BCUT2D eigenvalue weighted by Crippen LogP contribution is 2.30. The van der Waals surface area contributed by atoms with Crippen LogP contribution in [-0.2, 0) is 6.54 Å². The second kappa shape index (κ2) is 11.7. The van der Waals surface area contributed by atoms with Gasteiger partial charge in [0, 0.05) is 37.3 Å². The number of carbonyl (C=O) groups is 2. The second-order valence-electron chi connectivity index (χ2n) is 9.91. The van der Waals surface area contributed by atoms with Crippen LogP contribution < -0.4 is 4.74 Å². The number of halogens is 1. The molecule has 2 heterocycles. The fourth-order valence-corrected chi connectivity index (χ4v) is 4.56. The van der Waals surface area contributed by atoms with Gasteiger partial charge in [0.1, 0.15) is 17.5 Å². The zero-order valence-corrected chi connectivity index (χ0v) is 21.7. The first-order valence-electron chi connectivity index (χ1n) is 12.5. The SMILES string of the molecule is C[C@@H]1CN([C@H](C)CO)C(=O)c2cc(-c3ccc(F)cc3)cnc2O[C@H]1CN(C)Cc1ccc(C(=O)O)cc1. The summed E-state index contributed by atoms with van der Waals surface area (Å²) in [4.78, 5) is 33.0. The Bertz CT molecular complexity index is 1280. The van der Waals surface area contributed by atoms with E-state index in [0.717, 1.165) is 11.1 Å². The van der Waals surface area contributed by atoms with Crippen molar-refractivity contribution < 1.29 is 28.9 Å². The molecular formula is C29H32FN3O5. The molecule has 8 nitrogen and oxygen atoms in total. The van der Waals surface area contributed by atoms with Gasteiger partial charge in [-0.2, -0.15) is 0 Å². The predicted octanol–water partition coefficient (Wildman–Crippen LogP) is 3.94. The number of aliphatic hydroxyl groups is 1. The maximum Gasteiger partial charge on any atom is 0.335 e. The summed E-state index contributed by atoms with van der Waals surface area (Å²) < 4.78 is 19.8. The number of aromatic nitrogens is 1. The van der Waals surface area contributed by atoms with Crippen molar-refractivity contribution in [2.75, 3.05) is 26.7 Å². The van der Waals surface area contributed by atoms with E-state index >= 15 is 0 Å². The third kappa shape index (κ3) is 6.17. The van der Waals surface area contributed by atoms with E-state index in [0.29, 0.717) is 25.2 Å². The maximum atomic E-state index is 13.6. The molecule has 0 fully saturated rings. The van der Waals surface area contributed by atoms with E-state index < -0.39 is 12.0 Å². The first kappa shape index (κ1) is 27.2. The van der Waals surface area contributed by atoms with Gasteiger partial charge >= 0.3 is 5.97 Å². The average Bonchev–Trinajstić information content (AvgIpc) is 2.90. The van der Waals surface area contributed by atoms with Crippen molar-refractivity contribution in [1.29, 1.82) is 0 Å². The van der Waals surface area contributed by atoms with Crippen LogP contribution in [0.5, 0.6) is 5.88 Å². The lowest BCUT2D eigenvalue weighted by Crippen LogP contribution is -2.49. The van der Waals surface area contributed by atoms with Crippen LogP contribution in [-0.4, -0.2) is 75.8 Å². The van der Waals surface area contributed by atoms with Crippen molar-refractivity contribution in [3.8, 4) is 17.0 Å². The fraction of sp³-hybridized carbons (Fsp3) is 0.345. The lowest BCUT2D eigenvalue weighted by Gasteiger charge is -2.37. The van der Waals surface area contributed by atoms with E-state index in [1.807, 2.05) is 14.0 Å². The summed E-state index contributed by atoms with van der Waals surface area (Å²) in [5.41, 5.74) is 2.86. The Hall–Kier alpha value is -3.82. The summed E-state index contributed by atoms with van der Waals surface area (Å²) in [5, 5.41) is 19.0. The smallest absolute Gasteiger partial charge is 0.335 e. The molecule has 2 aromatic carbocycles. The van der Waals surface area contributed by atoms with Gasteiger partial charge in [0.2, 0.25) is 5.88 Å². The Kier molecular flexibility index (Phi) is 8.38. The molecular weight excluding hydrogens is 489 g/mol. The minimum Gasteiger partial charge on any atom is -0.478 e. The van der Waals surface area contributed by atoms with E-state index in [-0.39, 0.29) is 47.4 Å². The van der Waals surface area contributed by atoms with Gasteiger partial charge in [0.25, 0.3) is 5.91 Å². The number of rotatable bonds is 8. The number of aromatic carboxylic acids is 1. The number of hydrogen-bond acceptors (Lipinski definition) is 6. The van der Waals surface area contributed by atoms with Crippen LogP contribution in [0.4, 0.5) is 4.39 Å². The van der Waals surface area contributed by atoms with Gasteiger partial charge in [0.15, 0.2) is 0 Å². The molecule has 0 radical (unpaired) electrons. The van der Waals surface area contributed by atoms with Crippen LogP contribution >= 0.6 is 0 Å². The number of nitrogens with zero attached hydrogens (tertiary/aromatic N) is 3. The molecule has 1 amide bonds. The number of pyridine rings is 1. The number of hydrogen-bond donors (Lipinski definition) is 2. The Morgan fingerprint density at radius 2 is 1.87 bits per heavy atom. The number of ether oxygens (including phenoxy) is 1. The molecule has 0 spiro atoms. The van der Waals surface area contributed by atoms with Gasteiger partial charge in [-0.1, -0.05) is 31.2 Å². The molecule has 38 heavy (non-hydrogen) atoms. The summed E-state index contributed by atoms with van der Waals surface area (Å²) >= 11 is 0. The highest BCUT2D eigenvalue weighted by Gasteiger charge is 2.34. The van der Waals surface area contributed by atoms with Gasteiger partial charge < -0.3 is 19.8 Å². The van der Waals surface area contributed by atoms with Crippen LogP contribution in [0, 0.1) is 11.7 Å². The summed E-state index contributed by atoms with van der Waals surface area (Å²) in [5.74, 6) is -1.46. The summed E-state index contributed by atoms with van der Waals surface area (Å²) in [6.07, 6.45) is 1.29. The summed E-state index contributed by atoms with van der Waals surface area (Å²) in [6, 6.07) is 14.0. The van der Waals surface area contributed by atoms with Gasteiger partial charge in [-0.05, 0) is 55.4 Å². The highest BCUT2D eigenvalue weighted by atomic mass is 19.1. The van der Waals surface area contributed by atoms with E-state index in [4.69, 9.17) is 9.84 Å². The zero-order valence-electron chi connectivity index (χ0n) is 21.7. The molecule has 3 atom stereocenters. The van der Waals surface area contributed by atoms with E-state index in [2.05, 4.69) is 9.88 Å². The number of carbonyl (C=O) groups excluding carboxylic acids is 1. The van der Waals surface area contributed by atoms with Gasteiger partial charge in [0.05, 0.1) is 18.2 Å². The molecule has 0 saturated heterocycles. The minimum atomic E-state index is -0.966. The molecule has 0 saturated carbocycles. The number of fused-ring (bicyclic) bond motifs is 1. The Morgan fingerprint density at radius 1 is 1.18 bits per heavy atom. The quantitative estimate of drug-likeness (QED) is 0.463. The van der Waals surface area contributed by atoms with Crippen molar-refractivity contribution in [1.82, 2.24) is 14.8 Å². The number of aliphatic hydroxyl groups excluding tert-OH is 1. The van der Waals surface area contributed by atoms with E-state index in [1.54, 1.807) is 60.5 Å². The normalized spacial score (nSPS) is 18.4. The van der Waals surface area contributed by atoms with Crippen molar-refractivity contribution in [2.24, 2.45) is 5.92 Å². The Labute approximate surface area is 221 Å². The predicted molar refractivity (Wildman–Crippen MR) is 141 cm³/mol. The number of benzene rings is 2. The number of carboxylic acids is 1.